The van der Waals surface area contributed by atoms with E-state index in [4.69, 9.17) is 4.42 Å². The molecule has 0 amide bonds. The molecule has 0 aliphatic heterocycles. The Labute approximate surface area is 115 Å². The summed E-state index contributed by atoms with van der Waals surface area (Å²) in [4.78, 5) is 11.8. The molecule has 3 rings (SSSR count). The minimum Gasteiger partial charge on any atom is -0.480 e. The molecule has 104 valence electrons. The predicted molar refractivity (Wildman–Crippen MR) is 69.0 cm³/mol. The van der Waals surface area contributed by atoms with Crippen molar-refractivity contribution in [1.29, 1.82) is 0 Å². The fraction of sp³-hybridized carbons (Fsp3) is 0.750. The smallest absolute Gasteiger partial charge is 0.325 e. The van der Waals surface area contributed by atoms with E-state index >= 15 is 0 Å². The lowest BCUT2D eigenvalue weighted by Crippen LogP contribution is -2.57. The number of aryl methyl sites for hydroxylation is 1. The molecule has 2 aliphatic rings. The Kier molecular flexibility index (Phi) is 3.26. The fourth-order valence-electron chi connectivity index (χ4n) is 2.26. The maximum absolute atomic E-state index is 11.8. The summed E-state index contributed by atoms with van der Waals surface area (Å²) in [5, 5.41) is 21.1. The standard InChI is InChI=1S/C12H17N3O3S/c1-7-14-15-11(18-7)19-6-12(10(16)17,8-2-3-8)13-9-4-5-9/h8-9,13H,2-6H2,1H3,(H,16,17). The van der Waals surface area contributed by atoms with Gasteiger partial charge in [0, 0.05) is 18.7 Å². The summed E-state index contributed by atoms with van der Waals surface area (Å²) in [6, 6.07) is 0.363. The Morgan fingerprint density at radius 1 is 1.47 bits per heavy atom. The molecule has 19 heavy (non-hydrogen) atoms. The largest absolute Gasteiger partial charge is 0.480 e. The number of carboxylic acid groups (broad SMARTS) is 1. The Balaban J connectivity index is 1.72. The van der Waals surface area contributed by atoms with Crippen LogP contribution in [0.3, 0.4) is 0 Å². The second-order valence-corrected chi connectivity index (χ2v) is 6.27. The second kappa shape index (κ2) is 4.79. The topological polar surface area (TPSA) is 88.2 Å². The van der Waals surface area contributed by atoms with E-state index in [0.29, 0.717) is 22.9 Å². The highest BCUT2D eigenvalue weighted by atomic mass is 32.2. The Hall–Kier alpha value is -1.08. The van der Waals surface area contributed by atoms with Crippen molar-refractivity contribution < 1.29 is 14.3 Å². The zero-order valence-corrected chi connectivity index (χ0v) is 11.6. The molecule has 1 unspecified atom stereocenters. The van der Waals surface area contributed by atoms with Gasteiger partial charge >= 0.3 is 5.97 Å². The normalized spacial score (nSPS) is 22.2. The number of hydrogen-bond acceptors (Lipinski definition) is 6. The van der Waals surface area contributed by atoms with Gasteiger partial charge in [0.25, 0.3) is 5.22 Å². The lowest BCUT2D eigenvalue weighted by atomic mass is 9.95. The number of aromatic nitrogens is 2. The quantitative estimate of drug-likeness (QED) is 0.732. The zero-order chi connectivity index (χ0) is 13.5. The number of nitrogens with one attached hydrogen (secondary N) is 1. The van der Waals surface area contributed by atoms with E-state index in [1.807, 2.05) is 0 Å². The predicted octanol–water partition coefficient (Wildman–Crippen LogP) is 1.46. The van der Waals surface area contributed by atoms with E-state index in [9.17, 15) is 9.90 Å². The van der Waals surface area contributed by atoms with Gasteiger partial charge in [0.15, 0.2) is 0 Å². The number of carbonyl (C=O) groups is 1. The molecule has 1 atom stereocenters. The van der Waals surface area contributed by atoms with Crippen molar-refractivity contribution in [3.8, 4) is 0 Å². The number of nitrogens with zero attached hydrogens (tertiary/aromatic N) is 2. The van der Waals surface area contributed by atoms with Crippen LogP contribution in [0, 0.1) is 12.8 Å². The molecule has 1 aromatic rings. The minimum atomic E-state index is -0.839. The third-order valence-corrected chi connectivity index (χ3v) is 4.64. The van der Waals surface area contributed by atoms with Gasteiger partial charge in [0.1, 0.15) is 5.54 Å². The Bertz CT molecular complexity index is 484. The molecule has 0 bridgehead atoms. The van der Waals surface area contributed by atoms with Crippen LogP contribution in [0.15, 0.2) is 9.64 Å². The van der Waals surface area contributed by atoms with E-state index < -0.39 is 11.5 Å². The number of thioether (sulfide) groups is 1. The number of aliphatic carboxylic acids is 1. The van der Waals surface area contributed by atoms with Crippen molar-refractivity contribution >= 4 is 17.7 Å². The monoisotopic (exact) mass is 283 g/mol. The van der Waals surface area contributed by atoms with Crippen LogP contribution in [0.25, 0.3) is 0 Å². The molecule has 1 heterocycles. The highest BCUT2D eigenvalue weighted by Gasteiger charge is 2.53. The molecular formula is C12H17N3O3S. The van der Waals surface area contributed by atoms with Crippen molar-refractivity contribution in [3.63, 3.8) is 0 Å². The first-order chi connectivity index (χ1) is 9.10. The van der Waals surface area contributed by atoms with Crippen LogP contribution >= 0.6 is 11.8 Å². The molecule has 0 saturated heterocycles. The summed E-state index contributed by atoms with van der Waals surface area (Å²) in [7, 11) is 0. The number of hydrogen-bond donors (Lipinski definition) is 2. The van der Waals surface area contributed by atoms with Crippen molar-refractivity contribution in [2.75, 3.05) is 5.75 Å². The van der Waals surface area contributed by atoms with Gasteiger partial charge < -0.3 is 9.52 Å². The first-order valence-electron chi connectivity index (χ1n) is 6.54. The van der Waals surface area contributed by atoms with Gasteiger partial charge in [-0.15, -0.1) is 10.2 Å². The van der Waals surface area contributed by atoms with Crippen LogP contribution in [0.5, 0.6) is 0 Å². The maximum atomic E-state index is 11.8. The SMILES string of the molecule is Cc1nnc(SCC(NC2CC2)(C(=O)O)C2CC2)o1. The summed E-state index contributed by atoms with van der Waals surface area (Å²) in [6.45, 7) is 1.73. The van der Waals surface area contributed by atoms with Crippen molar-refractivity contribution in [2.45, 2.75) is 49.4 Å². The van der Waals surface area contributed by atoms with Crippen LogP contribution in [0.1, 0.15) is 31.6 Å². The molecule has 7 heteroatoms. The molecule has 2 saturated carbocycles. The van der Waals surface area contributed by atoms with Crippen LogP contribution < -0.4 is 5.32 Å². The van der Waals surface area contributed by atoms with Gasteiger partial charge in [-0.1, -0.05) is 11.8 Å². The fourth-order valence-corrected chi connectivity index (χ4v) is 3.33. The average Bonchev–Trinajstić information content (AvgIpc) is 3.25. The van der Waals surface area contributed by atoms with Gasteiger partial charge in [0.05, 0.1) is 0 Å². The van der Waals surface area contributed by atoms with Crippen molar-refractivity contribution in [2.24, 2.45) is 5.92 Å². The summed E-state index contributed by atoms with van der Waals surface area (Å²) >= 11 is 1.33. The molecule has 0 spiro atoms. The maximum Gasteiger partial charge on any atom is 0.325 e. The minimum absolute atomic E-state index is 0.224. The molecule has 2 N–H and O–H groups in total. The number of carboxylic acids is 1. The first kappa shape index (κ1) is 12.9. The zero-order valence-electron chi connectivity index (χ0n) is 10.8. The summed E-state index contributed by atoms with van der Waals surface area (Å²) < 4.78 is 5.30. The van der Waals surface area contributed by atoms with Crippen LogP contribution in [0.2, 0.25) is 0 Å². The molecule has 0 aromatic carbocycles. The highest BCUT2D eigenvalue weighted by molar-refractivity contribution is 7.99. The van der Waals surface area contributed by atoms with Crippen molar-refractivity contribution in [1.82, 2.24) is 15.5 Å². The van der Waals surface area contributed by atoms with Gasteiger partial charge in [-0.25, -0.2) is 0 Å². The van der Waals surface area contributed by atoms with E-state index in [2.05, 4.69) is 15.5 Å². The van der Waals surface area contributed by atoms with E-state index in [1.54, 1.807) is 6.92 Å². The molecule has 6 nitrogen and oxygen atoms in total. The number of rotatable bonds is 7. The summed E-state index contributed by atoms with van der Waals surface area (Å²) in [5.41, 5.74) is -0.839. The van der Waals surface area contributed by atoms with E-state index in [-0.39, 0.29) is 5.92 Å². The molecule has 2 fully saturated rings. The van der Waals surface area contributed by atoms with Gasteiger partial charge in [-0.3, -0.25) is 10.1 Å². The van der Waals surface area contributed by atoms with E-state index in [0.717, 1.165) is 25.7 Å². The summed E-state index contributed by atoms with van der Waals surface area (Å²) in [6.07, 6.45) is 4.11. The third-order valence-electron chi connectivity index (χ3n) is 3.63. The van der Waals surface area contributed by atoms with E-state index in [1.165, 1.54) is 11.8 Å². The van der Waals surface area contributed by atoms with Gasteiger partial charge in [0.2, 0.25) is 5.89 Å². The third kappa shape index (κ3) is 2.76. The Morgan fingerprint density at radius 3 is 2.68 bits per heavy atom. The van der Waals surface area contributed by atoms with Gasteiger partial charge in [-0.05, 0) is 31.6 Å². The van der Waals surface area contributed by atoms with Crippen LogP contribution in [-0.2, 0) is 4.79 Å². The highest BCUT2D eigenvalue weighted by Crippen LogP contribution is 2.44. The first-order valence-corrected chi connectivity index (χ1v) is 7.53. The van der Waals surface area contributed by atoms with Crippen molar-refractivity contribution in [3.05, 3.63) is 5.89 Å². The second-order valence-electron chi connectivity index (χ2n) is 5.35. The molecule has 0 radical (unpaired) electrons. The van der Waals surface area contributed by atoms with Crippen LogP contribution in [0.4, 0.5) is 0 Å². The summed E-state index contributed by atoms with van der Waals surface area (Å²) in [5.74, 6) is 0.406. The lowest BCUT2D eigenvalue weighted by molar-refractivity contribution is -0.145. The van der Waals surface area contributed by atoms with Gasteiger partial charge in [-0.2, -0.15) is 0 Å². The molecule has 2 aliphatic carbocycles. The van der Waals surface area contributed by atoms with Crippen LogP contribution in [-0.4, -0.2) is 38.6 Å². The Morgan fingerprint density at radius 2 is 2.21 bits per heavy atom. The molecule has 1 aromatic heterocycles. The average molecular weight is 283 g/mol. The molecular weight excluding hydrogens is 266 g/mol. The lowest BCUT2D eigenvalue weighted by Gasteiger charge is -2.30.